The molecular weight excluding hydrogens is 332 g/mol. The molecule has 1 aliphatic heterocycles. The Balaban J connectivity index is 2.79. The fourth-order valence-corrected chi connectivity index (χ4v) is 2.92. The number of fused-ring (bicyclic) bond motifs is 1. The Bertz CT molecular complexity index is 784. The van der Waals surface area contributed by atoms with Crippen LogP contribution in [0.15, 0.2) is 24.3 Å². The van der Waals surface area contributed by atoms with E-state index >= 15 is 0 Å². The first-order valence-corrected chi connectivity index (χ1v) is 8.44. The Labute approximate surface area is 154 Å². The van der Waals surface area contributed by atoms with E-state index in [9.17, 15) is 4.79 Å². The quantitative estimate of drug-likeness (QED) is 0.727. The molecule has 1 heterocycles. The van der Waals surface area contributed by atoms with Crippen LogP contribution < -0.4 is 14.2 Å². The summed E-state index contributed by atoms with van der Waals surface area (Å²) in [5.74, 6) is 0.923. The summed E-state index contributed by atoms with van der Waals surface area (Å²) in [6.45, 7) is 9.67. The molecule has 5 nitrogen and oxygen atoms in total. The van der Waals surface area contributed by atoms with E-state index in [1.54, 1.807) is 14.2 Å². The SMILES string of the molecule is C=C(C)/C=C\c1c(OC)c2c(c(CCC(=O)O)c1OC)OC(C)(C)C=C2. The van der Waals surface area contributed by atoms with Crippen LogP contribution in [0.5, 0.6) is 17.2 Å². The Hall–Kier alpha value is -2.69. The van der Waals surface area contributed by atoms with Crippen LogP contribution in [-0.4, -0.2) is 30.9 Å². The summed E-state index contributed by atoms with van der Waals surface area (Å²) < 4.78 is 17.5. The molecule has 0 bridgehead atoms. The second-order valence-electron chi connectivity index (χ2n) is 6.81. The van der Waals surface area contributed by atoms with Crippen LogP contribution in [-0.2, 0) is 11.2 Å². The molecule has 1 aromatic rings. The third kappa shape index (κ3) is 4.10. The maximum Gasteiger partial charge on any atom is 0.303 e. The maximum atomic E-state index is 11.1. The predicted molar refractivity (Wildman–Crippen MR) is 103 cm³/mol. The normalized spacial score (nSPS) is 14.7. The van der Waals surface area contributed by atoms with E-state index in [1.165, 1.54) is 0 Å². The van der Waals surface area contributed by atoms with Gasteiger partial charge in [-0.05, 0) is 45.4 Å². The molecular formula is C21H26O5. The maximum absolute atomic E-state index is 11.1. The Kier molecular flexibility index (Phi) is 5.80. The molecule has 1 aliphatic rings. The number of aliphatic carboxylic acids is 1. The van der Waals surface area contributed by atoms with Crippen LogP contribution in [0.3, 0.4) is 0 Å². The lowest BCUT2D eigenvalue weighted by Crippen LogP contribution is -2.28. The van der Waals surface area contributed by atoms with Crippen molar-refractivity contribution in [1.82, 2.24) is 0 Å². The molecule has 0 amide bonds. The topological polar surface area (TPSA) is 65.0 Å². The van der Waals surface area contributed by atoms with E-state index in [-0.39, 0.29) is 6.42 Å². The molecule has 0 spiro atoms. The number of ether oxygens (including phenoxy) is 3. The molecule has 0 fully saturated rings. The summed E-state index contributed by atoms with van der Waals surface area (Å²) >= 11 is 0. The standard InChI is InChI=1S/C21H26O5/c1-13(2)7-8-14-18(24-5)15(9-10-17(22)23)20-16(19(14)25-6)11-12-21(3,4)26-20/h7-8,11-12H,1,9-10H2,2-6H3,(H,22,23)/b8-7-. The minimum atomic E-state index is -0.874. The lowest BCUT2D eigenvalue weighted by molar-refractivity contribution is -0.136. The van der Waals surface area contributed by atoms with E-state index in [2.05, 4.69) is 6.58 Å². The Morgan fingerprint density at radius 3 is 2.50 bits per heavy atom. The minimum absolute atomic E-state index is 0.0216. The number of rotatable bonds is 7. The number of allylic oxidation sites excluding steroid dienone is 2. The summed E-state index contributed by atoms with van der Waals surface area (Å²) in [5, 5.41) is 9.15. The number of carbonyl (C=O) groups is 1. The van der Waals surface area contributed by atoms with E-state index in [0.717, 1.165) is 22.3 Å². The first-order valence-electron chi connectivity index (χ1n) is 8.44. The Morgan fingerprint density at radius 2 is 1.96 bits per heavy atom. The average molecular weight is 358 g/mol. The van der Waals surface area contributed by atoms with Gasteiger partial charge in [-0.3, -0.25) is 4.79 Å². The molecule has 0 saturated heterocycles. The van der Waals surface area contributed by atoms with Crippen LogP contribution in [0.1, 0.15) is 43.9 Å². The largest absolute Gasteiger partial charge is 0.496 e. The first-order chi connectivity index (χ1) is 12.2. The molecule has 0 aromatic heterocycles. The van der Waals surface area contributed by atoms with Crippen LogP contribution in [0.2, 0.25) is 0 Å². The molecule has 140 valence electrons. The van der Waals surface area contributed by atoms with Gasteiger partial charge in [0.15, 0.2) is 0 Å². The summed E-state index contributed by atoms with van der Waals surface area (Å²) in [6.07, 6.45) is 7.93. The van der Waals surface area contributed by atoms with Gasteiger partial charge in [0.1, 0.15) is 22.8 Å². The predicted octanol–water partition coefficient (Wildman–Crippen LogP) is 4.49. The molecule has 0 unspecified atom stereocenters. The van der Waals surface area contributed by atoms with Gasteiger partial charge in [-0.1, -0.05) is 18.2 Å². The number of carboxylic acids is 1. The van der Waals surface area contributed by atoms with E-state index in [4.69, 9.17) is 19.3 Å². The van der Waals surface area contributed by atoms with Gasteiger partial charge in [0, 0.05) is 12.0 Å². The second kappa shape index (κ2) is 7.68. The average Bonchev–Trinajstić information content (AvgIpc) is 2.56. The molecule has 0 saturated carbocycles. The van der Waals surface area contributed by atoms with Gasteiger partial charge in [-0.15, -0.1) is 0 Å². The second-order valence-corrected chi connectivity index (χ2v) is 6.81. The number of benzene rings is 1. The van der Waals surface area contributed by atoms with Gasteiger partial charge in [-0.2, -0.15) is 0 Å². The fraction of sp³-hybridized carbons (Fsp3) is 0.381. The smallest absolute Gasteiger partial charge is 0.303 e. The van der Waals surface area contributed by atoms with Crippen molar-refractivity contribution in [3.8, 4) is 17.2 Å². The van der Waals surface area contributed by atoms with Crippen molar-refractivity contribution >= 4 is 18.1 Å². The summed E-state index contributed by atoms with van der Waals surface area (Å²) in [4.78, 5) is 11.1. The van der Waals surface area contributed by atoms with Crippen LogP contribution in [0.4, 0.5) is 0 Å². The van der Waals surface area contributed by atoms with E-state index < -0.39 is 11.6 Å². The number of carboxylic acid groups (broad SMARTS) is 1. The minimum Gasteiger partial charge on any atom is -0.496 e. The monoisotopic (exact) mass is 358 g/mol. The van der Waals surface area contributed by atoms with Gasteiger partial charge in [0.05, 0.1) is 25.3 Å². The third-order valence-electron chi connectivity index (χ3n) is 4.07. The van der Waals surface area contributed by atoms with Crippen LogP contribution in [0, 0.1) is 0 Å². The molecule has 26 heavy (non-hydrogen) atoms. The zero-order valence-corrected chi connectivity index (χ0v) is 16.0. The van der Waals surface area contributed by atoms with Crippen molar-refractivity contribution in [2.45, 2.75) is 39.2 Å². The molecule has 0 aliphatic carbocycles. The first kappa shape index (κ1) is 19.6. The number of hydrogen-bond acceptors (Lipinski definition) is 4. The molecule has 1 N–H and O–H groups in total. The fourth-order valence-electron chi connectivity index (χ4n) is 2.92. The lowest BCUT2D eigenvalue weighted by Gasteiger charge is -2.32. The summed E-state index contributed by atoms with van der Waals surface area (Å²) in [6, 6.07) is 0. The zero-order valence-electron chi connectivity index (χ0n) is 16.0. The van der Waals surface area contributed by atoms with Crippen molar-refractivity contribution in [3.05, 3.63) is 41.0 Å². The van der Waals surface area contributed by atoms with E-state index in [0.29, 0.717) is 23.7 Å². The van der Waals surface area contributed by atoms with Crippen molar-refractivity contribution in [1.29, 1.82) is 0 Å². The summed E-state index contributed by atoms with van der Waals surface area (Å²) in [7, 11) is 3.16. The van der Waals surface area contributed by atoms with Crippen molar-refractivity contribution in [3.63, 3.8) is 0 Å². The summed E-state index contributed by atoms with van der Waals surface area (Å²) in [5.41, 5.74) is 2.63. The highest BCUT2D eigenvalue weighted by atomic mass is 16.5. The Morgan fingerprint density at radius 1 is 1.31 bits per heavy atom. The molecule has 2 rings (SSSR count). The van der Waals surface area contributed by atoms with Crippen molar-refractivity contribution in [2.75, 3.05) is 14.2 Å². The van der Waals surface area contributed by atoms with Crippen molar-refractivity contribution < 1.29 is 24.1 Å². The molecule has 1 aromatic carbocycles. The van der Waals surface area contributed by atoms with Gasteiger partial charge >= 0.3 is 5.97 Å². The van der Waals surface area contributed by atoms with Gasteiger partial charge in [0.2, 0.25) is 0 Å². The highest BCUT2D eigenvalue weighted by molar-refractivity contribution is 5.81. The number of hydrogen-bond donors (Lipinski definition) is 1. The van der Waals surface area contributed by atoms with Crippen molar-refractivity contribution in [2.24, 2.45) is 0 Å². The molecule has 0 atom stereocenters. The highest BCUT2D eigenvalue weighted by Crippen LogP contribution is 2.48. The van der Waals surface area contributed by atoms with Crippen LogP contribution in [0.25, 0.3) is 12.2 Å². The molecule has 0 radical (unpaired) electrons. The lowest BCUT2D eigenvalue weighted by atomic mass is 9.92. The number of methoxy groups -OCH3 is 2. The van der Waals surface area contributed by atoms with Gasteiger partial charge in [0.25, 0.3) is 0 Å². The van der Waals surface area contributed by atoms with Crippen LogP contribution >= 0.6 is 0 Å². The van der Waals surface area contributed by atoms with Gasteiger partial charge < -0.3 is 19.3 Å². The third-order valence-corrected chi connectivity index (χ3v) is 4.07. The molecule has 5 heteroatoms. The highest BCUT2D eigenvalue weighted by Gasteiger charge is 2.31. The van der Waals surface area contributed by atoms with E-state index in [1.807, 2.05) is 45.1 Å². The zero-order chi connectivity index (χ0) is 19.5. The van der Waals surface area contributed by atoms with Gasteiger partial charge in [-0.25, -0.2) is 0 Å².